The molecule has 1 aromatic carbocycles. The molecule has 0 fully saturated rings. The molecule has 0 radical (unpaired) electrons. The van der Waals surface area contributed by atoms with E-state index in [2.05, 4.69) is 27.9 Å². The first-order valence-electron chi connectivity index (χ1n) is 5.31. The van der Waals surface area contributed by atoms with Crippen molar-refractivity contribution in [1.82, 2.24) is 5.32 Å². The molecule has 0 saturated carbocycles. The molecule has 1 N–H and O–H groups in total. The molecule has 4 heteroatoms. The molecule has 0 saturated heterocycles. The van der Waals surface area contributed by atoms with Crippen LogP contribution in [-0.4, -0.2) is 17.8 Å². The van der Waals surface area contributed by atoms with Crippen LogP contribution in [-0.2, 0) is 0 Å². The number of benzene rings is 1. The van der Waals surface area contributed by atoms with Crippen LogP contribution in [0.15, 0.2) is 24.3 Å². The van der Waals surface area contributed by atoms with Crippen LogP contribution >= 0.6 is 34.2 Å². The average Bonchev–Trinajstić information content (AvgIpc) is 2.28. The van der Waals surface area contributed by atoms with Gasteiger partial charge in [-0.05, 0) is 53.6 Å². The number of hydrogen-bond acceptors (Lipinski definition) is 1. The van der Waals surface area contributed by atoms with Gasteiger partial charge in [0, 0.05) is 21.1 Å². The SMILES string of the molecule is CCC(Cl)CCNC(=O)c1cccc(I)c1. The van der Waals surface area contributed by atoms with Crippen LogP contribution in [0, 0.1) is 3.57 Å². The molecule has 0 bridgehead atoms. The summed E-state index contributed by atoms with van der Waals surface area (Å²) in [6.07, 6.45) is 1.74. The van der Waals surface area contributed by atoms with Gasteiger partial charge in [0.25, 0.3) is 5.91 Å². The van der Waals surface area contributed by atoms with E-state index < -0.39 is 0 Å². The quantitative estimate of drug-likeness (QED) is 0.639. The number of halogens is 2. The number of nitrogens with one attached hydrogen (secondary N) is 1. The van der Waals surface area contributed by atoms with Crippen molar-refractivity contribution in [2.75, 3.05) is 6.54 Å². The molecule has 0 heterocycles. The summed E-state index contributed by atoms with van der Waals surface area (Å²) in [5.41, 5.74) is 0.703. The van der Waals surface area contributed by atoms with Gasteiger partial charge in [0.05, 0.1) is 0 Å². The number of alkyl halides is 1. The number of amides is 1. The minimum Gasteiger partial charge on any atom is -0.352 e. The van der Waals surface area contributed by atoms with Crippen molar-refractivity contribution in [2.45, 2.75) is 25.1 Å². The molecule has 0 aliphatic heterocycles. The molecule has 1 rings (SSSR count). The maximum Gasteiger partial charge on any atom is 0.251 e. The lowest BCUT2D eigenvalue weighted by Crippen LogP contribution is -2.26. The fourth-order valence-electron chi connectivity index (χ4n) is 1.28. The Labute approximate surface area is 115 Å². The Morgan fingerprint density at radius 1 is 1.56 bits per heavy atom. The van der Waals surface area contributed by atoms with E-state index in [1.165, 1.54) is 0 Å². The highest BCUT2D eigenvalue weighted by molar-refractivity contribution is 14.1. The van der Waals surface area contributed by atoms with Crippen molar-refractivity contribution in [1.29, 1.82) is 0 Å². The first-order valence-corrected chi connectivity index (χ1v) is 6.83. The predicted octanol–water partition coefficient (Wildman–Crippen LogP) is 3.43. The summed E-state index contributed by atoms with van der Waals surface area (Å²) in [7, 11) is 0. The Hall–Kier alpha value is -0.290. The van der Waals surface area contributed by atoms with Crippen molar-refractivity contribution in [3.8, 4) is 0 Å². The van der Waals surface area contributed by atoms with Crippen LogP contribution in [0.4, 0.5) is 0 Å². The first kappa shape index (κ1) is 13.8. The highest BCUT2D eigenvalue weighted by atomic mass is 127. The lowest BCUT2D eigenvalue weighted by atomic mass is 10.2. The van der Waals surface area contributed by atoms with Crippen molar-refractivity contribution >= 4 is 40.1 Å². The van der Waals surface area contributed by atoms with Crippen LogP contribution in [0.2, 0.25) is 0 Å². The summed E-state index contributed by atoms with van der Waals surface area (Å²) in [5, 5.41) is 3.01. The molecule has 1 unspecified atom stereocenters. The molecule has 0 aromatic heterocycles. The molecule has 2 nitrogen and oxygen atoms in total. The van der Waals surface area contributed by atoms with Crippen LogP contribution in [0.25, 0.3) is 0 Å². The van der Waals surface area contributed by atoms with Crippen molar-refractivity contribution < 1.29 is 4.79 Å². The standard InChI is InChI=1S/C12H15ClINO/c1-2-10(13)6-7-15-12(16)9-4-3-5-11(14)8-9/h3-5,8,10H,2,6-7H2,1H3,(H,15,16). The second-order valence-corrected chi connectivity index (χ2v) is 5.42. The van der Waals surface area contributed by atoms with Crippen molar-refractivity contribution in [2.24, 2.45) is 0 Å². The van der Waals surface area contributed by atoms with Crippen LogP contribution in [0.3, 0.4) is 0 Å². The Bertz CT molecular complexity index is 357. The van der Waals surface area contributed by atoms with Gasteiger partial charge in [0.1, 0.15) is 0 Å². The Balaban J connectivity index is 2.41. The largest absolute Gasteiger partial charge is 0.352 e. The third-order valence-corrected chi connectivity index (χ3v) is 3.47. The average molecular weight is 352 g/mol. The van der Waals surface area contributed by atoms with E-state index in [9.17, 15) is 4.79 Å². The zero-order valence-electron chi connectivity index (χ0n) is 9.17. The van der Waals surface area contributed by atoms with Crippen molar-refractivity contribution in [3.63, 3.8) is 0 Å². The highest BCUT2D eigenvalue weighted by Crippen LogP contribution is 2.08. The van der Waals surface area contributed by atoms with Crippen LogP contribution in [0.5, 0.6) is 0 Å². The third-order valence-electron chi connectivity index (χ3n) is 2.27. The molecule has 1 aromatic rings. The topological polar surface area (TPSA) is 29.1 Å². The molecule has 0 aliphatic rings. The van der Waals surface area contributed by atoms with Gasteiger partial charge in [-0.3, -0.25) is 4.79 Å². The number of hydrogen-bond donors (Lipinski definition) is 1. The van der Waals surface area contributed by atoms with Gasteiger partial charge in [-0.1, -0.05) is 13.0 Å². The minimum absolute atomic E-state index is 0.0292. The normalized spacial score (nSPS) is 12.2. The molecule has 1 atom stereocenters. The van der Waals surface area contributed by atoms with Gasteiger partial charge in [0.2, 0.25) is 0 Å². The summed E-state index contributed by atoms with van der Waals surface area (Å²) in [5.74, 6) is -0.0292. The monoisotopic (exact) mass is 351 g/mol. The lowest BCUT2D eigenvalue weighted by Gasteiger charge is -2.08. The van der Waals surface area contributed by atoms with Crippen LogP contribution < -0.4 is 5.32 Å². The second-order valence-electron chi connectivity index (χ2n) is 3.56. The van der Waals surface area contributed by atoms with Gasteiger partial charge >= 0.3 is 0 Å². The molecule has 16 heavy (non-hydrogen) atoms. The minimum atomic E-state index is -0.0292. The molecule has 0 aliphatic carbocycles. The molecule has 1 amide bonds. The maximum absolute atomic E-state index is 11.7. The van der Waals surface area contributed by atoms with Crippen molar-refractivity contribution in [3.05, 3.63) is 33.4 Å². The summed E-state index contributed by atoms with van der Waals surface area (Å²) in [4.78, 5) is 11.7. The predicted molar refractivity (Wildman–Crippen MR) is 76.0 cm³/mol. The van der Waals surface area contributed by atoms with Crippen LogP contribution in [0.1, 0.15) is 30.1 Å². The summed E-state index contributed by atoms with van der Waals surface area (Å²) in [6, 6.07) is 7.53. The maximum atomic E-state index is 11.7. The zero-order valence-corrected chi connectivity index (χ0v) is 12.1. The third kappa shape index (κ3) is 4.70. The van der Waals surface area contributed by atoms with E-state index >= 15 is 0 Å². The number of rotatable bonds is 5. The van der Waals surface area contributed by atoms with Gasteiger partial charge < -0.3 is 5.32 Å². The smallest absolute Gasteiger partial charge is 0.251 e. The van der Waals surface area contributed by atoms with Gasteiger partial charge in [0.15, 0.2) is 0 Å². The van der Waals surface area contributed by atoms with E-state index in [0.29, 0.717) is 12.1 Å². The van der Waals surface area contributed by atoms with Gasteiger partial charge in [-0.25, -0.2) is 0 Å². The molecular formula is C12H15ClINO. The fraction of sp³-hybridized carbons (Fsp3) is 0.417. The highest BCUT2D eigenvalue weighted by Gasteiger charge is 2.06. The van der Waals surface area contributed by atoms with E-state index in [1.807, 2.05) is 31.2 Å². The van der Waals surface area contributed by atoms with E-state index in [4.69, 9.17) is 11.6 Å². The second kappa shape index (κ2) is 7.12. The Morgan fingerprint density at radius 2 is 2.31 bits per heavy atom. The Morgan fingerprint density at radius 3 is 2.94 bits per heavy atom. The van der Waals surface area contributed by atoms with E-state index in [1.54, 1.807) is 0 Å². The van der Waals surface area contributed by atoms with Gasteiger partial charge in [-0.15, -0.1) is 11.6 Å². The molecular weight excluding hydrogens is 336 g/mol. The van der Waals surface area contributed by atoms with E-state index in [0.717, 1.165) is 16.4 Å². The first-order chi connectivity index (χ1) is 7.63. The fourth-order valence-corrected chi connectivity index (χ4v) is 1.93. The summed E-state index contributed by atoms with van der Waals surface area (Å²) < 4.78 is 1.06. The van der Waals surface area contributed by atoms with E-state index in [-0.39, 0.29) is 11.3 Å². The zero-order chi connectivity index (χ0) is 12.0. The summed E-state index contributed by atoms with van der Waals surface area (Å²) >= 11 is 8.16. The summed E-state index contributed by atoms with van der Waals surface area (Å²) in [6.45, 7) is 2.67. The van der Waals surface area contributed by atoms with Gasteiger partial charge in [-0.2, -0.15) is 0 Å². The number of carbonyl (C=O) groups is 1. The number of carbonyl (C=O) groups excluding carboxylic acids is 1. The Kier molecular flexibility index (Phi) is 6.13. The molecule has 88 valence electrons. The molecule has 0 spiro atoms. The lowest BCUT2D eigenvalue weighted by molar-refractivity contribution is 0.0953.